The highest BCUT2D eigenvalue weighted by atomic mass is 19.1. The van der Waals surface area contributed by atoms with Crippen molar-refractivity contribution < 1.29 is 4.39 Å². The largest absolute Gasteiger partial charge is 0.316 e. The summed E-state index contributed by atoms with van der Waals surface area (Å²) in [4.78, 5) is 0. The van der Waals surface area contributed by atoms with Gasteiger partial charge in [0.2, 0.25) is 0 Å². The van der Waals surface area contributed by atoms with Crippen molar-refractivity contribution in [2.24, 2.45) is 0 Å². The molecule has 0 amide bonds. The molecule has 1 fully saturated rings. The molecule has 1 aromatic rings. The molecule has 1 unspecified atom stereocenters. The van der Waals surface area contributed by atoms with Crippen molar-refractivity contribution in [3.63, 3.8) is 0 Å². The second-order valence-electron chi connectivity index (χ2n) is 4.45. The van der Waals surface area contributed by atoms with E-state index in [1.807, 2.05) is 13.0 Å². The lowest BCUT2D eigenvalue weighted by molar-refractivity contribution is 0.444. The first-order valence-corrected chi connectivity index (χ1v) is 5.66. The lowest BCUT2D eigenvalue weighted by Crippen LogP contribution is -2.29. The van der Waals surface area contributed by atoms with Gasteiger partial charge in [-0.1, -0.05) is 6.07 Å². The van der Waals surface area contributed by atoms with Crippen LogP contribution in [-0.2, 0) is 0 Å². The van der Waals surface area contributed by atoms with Crippen molar-refractivity contribution in [2.75, 3.05) is 13.1 Å². The molecule has 1 aliphatic rings. The highest BCUT2D eigenvalue weighted by molar-refractivity contribution is 5.37. The third-order valence-electron chi connectivity index (χ3n) is 3.44. The van der Waals surface area contributed by atoms with Gasteiger partial charge < -0.3 is 5.32 Å². The van der Waals surface area contributed by atoms with E-state index in [0.29, 0.717) is 5.92 Å². The Balaban J connectivity index is 2.36. The van der Waals surface area contributed by atoms with Crippen LogP contribution in [0.15, 0.2) is 12.1 Å². The number of rotatable bonds is 1. The Kier molecular flexibility index (Phi) is 3.06. The Bertz CT molecular complexity index is 354. The molecule has 82 valence electrons. The monoisotopic (exact) mass is 207 g/mol. The average molecular weight is 207 g/mol. The summed E-state index contributed by atoms with van der Waals surface area (Å²) in [6, 6.07) is 3.47. The van der Waals surface area contributed by atoms with Crippen LogP contribution >= 0.6 is 0 Å². The maximum absolute atomic E-state index is 13.8. The molecule has 0 saturated carbocycles. The minimum Gasteiger partial charge on any atom is -0.316 e. The number of hydrogen-bond donors (Lipinski definition) is 1. The van der Waals surface area contributed by atoms with E-state index in [-0.39, 0.29) is 5.82 Å². The van der Waals surface area contributed by atoms with Crippen molar-refractivity contribution in [2.45, 2.75) is 32.6 Å². The lowest BCUT2D eigenvalue weighted by Gasteiger charge is -2.25. The first-order chi connectivity index (χ1) is 7.20. The van der Waals surface area contributed by atoms with E-state index < -0.39 is 0 Å². The number of hydrogen-bond acceptors (Lipinski definition) is 1. The second kappa shape index (κ2) is 4.31. The molecule has 15 heavy (non-hydrogen) atoms. The van der Waals surface area contributed by atoms with Crippen LogP contribution in [0.5, 0.6) is 0 Å². The molecule has 1 aromatic carbocycles. The van der Waals surface area contributed by atoms with Gasteiger partial charge in [-0.3, -0.25) is 0 Å². The molecule has 0 aliphatic carbocycles. The zero-order valence-electron chi connectivity index (χ0n) is 9.44. The summed E-state index contributed by atoms with van der Waals surface area (Å²) in [6.45, 7) is 6.07. The molecule has 0 radical (unpaired) electrons. The van der Waals surface area contributed by atoms with Crippen LogP contribution in [0, 0.1) is 19.7 Å². The first kappa shape index (κ1) is 10.6. The van der Waals surface area contributed by atoms with Gasteiger partial charge in [-0.25, -0.2) is 4.39 Å². The fourth-order valence-corrected chi connectivity index (χ4v) is 2.40. The van der Waals surface area contributed by atoms with Crippen LogP contribution in [0.25, 0.3) is 0 Å². The Hall–Kier alpha value is -0.890. The SMILES string of the molecule is Cc1ccc(F)c(C2CCCNC2)c1C. The van der Waals surface area contributed by atoms with Gasteiger partial charge in [0, 0.05) is 6.54 Å². The molecular weight excluding hydrogens is 189 g/mol. The summed E-state index contributed by atoms with van der Waals surface area (Å²) in [7, 11) is 0. The number of nitrogens with one attached hydrogen (secondary N) is 1. The van der Waals surface area contributed by atoms with Crippen LogP contribution in [0.4, 0.5) is 4.39 Å². The molecular formula is C13H18FN. The van der Waals surface area contributed by atoms with Crippen LogP contribution in [0.1, 0.15) is 35.4 Å². The maximum atomic E-state index is 13.8. The summed E-state index contributed by atoms with van der Waals surface area (Å²) < 4.78 is 13.8. The molecule has 1 heterocycles. The predicted molar refractivity (Wildman–Crippen MR) is 60.7 cm³/mol. The van der Waals surface area contributed by atoms with Crippen LogP contribution < -0.4 is 5.32 Å². The van der Waals surface area contributed by atoms with E-state index >= 15 is 0 Å². The summed E-state index contributed by atoms with van der Waals surface area (Å²) in [6.07, 6.45) is 2.26. The van der Waals surface area contributed by atoms with E-state index in [1.54, 1.807) is 6.07 Å². The van der Waals surface area contributed by atoms with E-state index in [1.165, 1.54) is 5.56 Å². The van der Waals surface area contributed by atoms with Gasteiger partial charge in [0.05, 0.1) is 0 Å². The third kappa shape index (κ3) is 2.05. The van der Waals surface area contributed by atoms with E-state index in [4.69, 9.17) is 0 Å². The molecule has 1 N–H and O–H groups in total. The molecule has 2 rings (SSSR count). The van der Waals surface area contributed by atoms with Crippen molar-refractivity contribution >= 4 is 0 Å². The lowest BCUT2D eigenvalue weighted by atomic mass is 9.87. The average Bonchev–Trinajstić information content (AvgIpc) is 2.26. The highest BCUT2D eigenvalue weighted by Gasteiger charge is 2.20. The minimum absolute atomic E-state index is 0.0354. The fourth-order valence-electron chi connectivity index (χ4n) is 2.40. The zero-order chi connectivity index (χ0) is 10.8. The molecule has 1 atom stereocenters. The van der Waals surface area contributed by atoms with Crippen molar-refractivity contribution in [1.29, 1.82) is 0 Å². The summed E-state index contributed by atoms with van der Waals surface area (Å²) in [5, 5.41) is 3.34. The second-order valence-corrected chi connectivity index (χ2v) is 4.45. The normalized spacial score (nSPS) is 21.7. The molecule has 0 bridgehead atoms. The van der Waals surface area contributed by atoms with Crippen LogP contribution in [-0.4, -0.2) is 13.1 Å². The van der Waals surface area contributed by atoms with Crippen LogP contribution in [0.2, 0.25) is 0 Å². The van der Waals surface area contributed by atoms with Gasteiger partial charge in [0.15, 0.2) is 0 Å². The first-order valence-electron chi connectivity index (χ1n) is 5.66. The van der Waals surface area contributed by atoms with Crippen molar-refractivity contribution in [3.8, 4) is 0 Å². The highest BCUT2D eigenvalue weighted by Crippen LogP contribution is 2.29. The van der Waals surface area contributed by atoms with Crippen molar-refractivity contribution in [3.05, 3.63) is 34.6 Å². The fraction of sp³-hybridized carbons (Fsp3) is 0.538. The van der Waals surface area contributed by atoms with Gasteiger partial charge in [0.1, 0.15) is 5.82 Å². The summed E-state index contributed by atoms with van der Waals surface area (Å²) in [5.74, 6) is 0.324. The maximum Gasteiger partial charge on any atom is 0.127 e. The third-order valence-corrected chi connectivity index (χ3v) is 3.44. The van der Waals surface area contributed by atoms with Gasteiger partial charge in [-0.15, -0.1) is 0 Å². The van der Waals surface area contributed by atoms with E-state index in [9.17, 15) is 4.39 Å². The minimum atomic E-state index is -0.0354. The van der Waals surface area contributed by atoms with Crippen molar-refractivity contribution in [1.82, 2.24) is 5.32 Å². The summed E-state index contributed by atoms with van der Waals surface area (Å²) >= 11 is 0. The predicted octanol–water partition coefficient (Wildman–Crippen LogP) is 2.91. The number of aryl methyl sites for hydroxylation is 1. The van der Waals surface area contributed by atoms with Gasteiger partial charge in [0.25, 0.3) is 0 Å². The van der Waals surface area contributed by atoms with Gasteiger partial charge in [-0.05, 0) is 61.9 Å². The summed E-state index contributed by atoms with van der Waals surface area (Å²) in [5.41, 5.74) is 3.25. The topological polar surface area (TPSA) is 12.0 Å². The Morgan fingerprint density at radius 1 is 1.33 bits per heavy atom. The molecule has 2 heteroatoms. The van der Waals surface area contributed by atoms with Gasteiger partial charge >= 0.3 is 0 Å². The smallest absolute Gasteiger partial charge is 0.127 e. The standard InChI is InChI=1S/C13H18FN/c1-9-5-6-12(14)13(10(9)2)11-4-3-7-15-8-11/h5-6,11,15H,3-4,7-8H2,1-2H3. The molecule has 1 aliphatic heterocycles. The van der Waals surface area contributed by atoms with E-state index in [0.717, 1.165) is 37.1 Å². The quantitative estimate of drug-likeness (QED) is 0.746. The van der Waals surface area contributed by atoms with Crippen LogP contribution in [0.3, 0.4) is 0 Å². The Labute approximate surface area is 90.7 Å². The zero-order valence-corrected chi connectivity index (χ0v) is 9.44. The molecule has 1 nitrogen and oxygen atoms in total. The Morgan fingerprint density at radius 2 is 2.13 bits per heavy atom. The van der Waals surface area contributed by atoms with E-state index in [2.05, 4.69) is 12.2 Å². The number of piperidine rings is 1. The number of halogens is 1. The molecule has 0 aromatic heterocycles. The molecule has 0 spiro atoms. The molecule has 1 saturated heterocycles. The van der Waals surface area contributed by atoms with Gasteiger partial charge in [-0.2, -0.15) is 0 Å². The number of benzene rings is 1. The Morgan fingerprint density at radius 3 is 2.80 bits per heavy atom.